The monoisotopic (exact) mass is 916 g/mol. The van der Waals surface area contributed by atoms with Gasteiger partial charge in [0.2, 0.25) is 0 Å². The fraction of sp³-hybridized carbons (Fsp3) is 0.226. The molecule has 0 N–H and O–H groups in total. The summed E-state index contributed by atoms with van der Waals surface area (Å²) in [6, 6.07) is 43.4. The van der Waals surface area contributed by atoms with Gasteiger partial charge >= 0.3 is 355 Å². The molecule has 294 valence electrons. The number of aryl methyl sites for hydroxylation is 4. The predicted octanol–water partition coefficient (Wildman–Crippen LogP) is 9.10. The predicted molar refractivity (Wildman–Crippen MR) is 239 cm³/mol. The van der Waals surface area contributed by atoms with Gasteiger partial charge in [-0.15, -0.1) is 0 Å². The van der Waals surface area contributed by atoms with E-state index in [2.05, 4.69) is 168 Å². The molecule has 2 aliphatic rings. The summed E-state index contributed by atoms with van der Waals surface area (Å²) < 4.78 is 3.74. The summed E-state index contributed by atoms with van der Waals surface area (Å²) in [4.78, 5) is 0. The van der Waals surface area contributed by atoms with E-state index >= 15 is 0 Å². The normalized spacial score (nSPS) is 13.5. The van der Waals surface area contributed by atoms with Gasteiger partial charge in [-0.25, -0.2) is 0 Å². The molecule has 0 nitrogen and oxygen atoms in total. The summed E-state index contributed by atoms with van der Waals surface area (Å²) in [5.74, 6) is 0. The van der Waals surface area contributed by atoms with Crippen LogP contribution in [0.4, 0.5) is 0 Å². The van der Waals surface area contributed by atoms with Crippen molar-refractivity contribution in [2.75, 3.05) is 0 Å². The maximum atomic E-state index is 6.48. The van der Waals surface area contributed by atoms with E-state index in [0.29, 0.717) is 3.63 Å². The second-order valence-corrected chi connectivity index (χ2v) is 23.6. The van der Waals surface area contributed by atoms with Gasteiger partial charge in [0.1, 0.15) is 0 Å². The minimum absolute atomic E-state index is 0. The van der Waals surface area contributed by atoms with Gasteiger partial charge in [0.25, 0.3) is 0 Å². The van der Waals surface area contributed by atoms with Crippen molar-refractivity contribution in [2.45, 2.75) is 76.8 Å². The fourth-order valence-corrected chi connectivity index (χ4v) is 18.7. The van der Waals surface area contributed by atoms with Crippen LogP contribution < -0.4 is 24.8 Å². The smallest absolute Gasteiger partial charge is 1.00 e. The number of fused-ring (bicyclic) bond motifs is 3. The summed E-state index contributed by atoms with van der Waals surface area (Å²) >= 11 is 10.1. The van der Waals surface area contributed by atoms with Crippen molar-refractivity contribution in [3.8, 4) is 33.4 Å². The van der Waals surface area contributed by atoms with Crippen molar-refractivity contribution in [2.24, 2.45) is 0 Å². The molecule has 1 unspecified atom stereocenters. The Morgan fingerprint density at radius 1 is 0.638 bits per heavy atom. The van der Waals surface area contributed by atoms with Gasteiger partial charge in [-0.3, -0.25) is 0 Å². The topological polar surface area (TPSA) is 0 Å². The summed E-state index contributed by atoms with van der Waals surface area (Å²) in [5, 5.41) is 1.57. The Labute approximate surface area is 376 Å². The average Bonchev–Trinajstić information content (AvgIpc) is 3.83. The molecule has 0 aliphatic heterocycles. The number of benzene rings is 6. The van der Waals surface area contributed by atoms with Crippen LogP contribution in [0.1, 0.15) is 79.9 Å². The molecular formula is C53H50Cl4Zr. The maximum Gasteiger partial charge on any atom is -1.00 e. The van der Waals surface area contributed by atoms with Gasteiger partial charge in [0, 0.05) is 0 Å². The van der Waals surface area contributed by atoms with Crippen LogP contribution in [0.2, 0.25) is 10.0 Å². The molecule has 6 aromatic carbocycles. The van der Waals surface area contributed by atoms with Crippen molar-refractivity contribution in [3.63, 3.8) is 0 Å². The minimum atomic E-state index is -2.87. The Hall–Kier alpha value is -3.29. The molecule has 0 saturated carbocycles. The van der Waals surface area contributed by atoms with Gasteiger partial charge < -0.3 is 24.8 Å². The standard InChI is InChI=1S/C33H33.C15H12Cl2.C5H5.2ClH.Zr/c1-6-7-8-28-32-20-27-19-29(25-13-9-21(2)10-14-25)23(4)17-30(27)31(32)18-24(5)33(28)26-15-11-22(3)12-16-26;16-14-8-4-12(5-9-14)2-1-3-13-6-10-15(17)11-7-13;1-2-4-5-3-1;;;/h9-20H,6-8H2,1-5H3;4-11H,2-3H2;1-3H,4H2;2*1H;/q;;;;;+2/p-2. The van der Waals surface area contributed by atoms with Crippen molar-refractivity contribution in [3.05, 3.63) is 197 Å². The number of hydrogen-bond acceptors (Lipinski definition) is 0. The van der Waals surface area contributed by atoms with E-state index in [9.17, 15) is 0 Å². The average molecular weight is 920 g/mol. The number of rotatable bonds is 11. The first-order valence-corrected chi connectivity index (χ1v) is 24.8. The molecule has 0 aromatic heterocycles. The Bertz CT molecular complexity index is 2460. The Morgan fingerprint density at radius 3 is 1.72 bits per heavy atom. The first kappa shape index (κ1) is 44.3. The van der Waals surface area contributed by atoms with E-state index in [0.717, 1.165) is 42.1 Å². The van der Waals surface area contributed by atoms with Gasteiger partial charge in [0.05, 0.1) is 0 Å². The third kappa shape index (κ3) is 9.21. The van der Waals surface area contributed by atoms with Crippen LogP contribution in [0, 0.1) is 27.7 Å². The molecule has 0 saturated heterocycles. The quantitative estimate of drug-likeness (QED) is 0.122. The van der Waals surface area contributed by atoms with Gasteiger partial charge in [-0.05, 0) is 0 Å². The van der Waals surface area contributed by atoms with Crippen LogP contribution >= 0.6 is 23.2 Å². The molecular weight excluding hydrogens is 870 g/mol. The van der Waals surface area contributed by atoms with Crippen LogP contribution in [-0.2, 0) is 40.5 Å². The first-order valence-electron chi connectivity index (χ1n) is 20.2. The number of halogens is 4. The van der Waals surface area contributed by atoms with Crippen LogP contribution in [0.15, 0.2) is 137 Å². The summed E-state index contributed by atoms with van der Waals surface area (Å²) in [5.41, 5.74) is 21.0. The zero-order valence-electron chi connectivity index (χ0n) is 34.0. The van der Waals surface area contributed by atoms with Crippen LogP contribution in [-0.4, -0.2) is 3.21 Å². The fourth-order valence-electron chi connectivity index (χ4n) is 9.10. The molecule has 5 heteroatoms. The van der Waals surface area contributed by atoms with E-state index in [1.165, 1.54) is 78.7 Å². The van der Waals surface area contributed by atoms with E-state index < -0.39 is 21.3 Å². The summed E-state index contributed by atoms with van der Waals surface area (Å²) in [7, 11) is 0. The number of hydrogen-bond donors (Lipinski definition) is 0. The molecule has 0 radical (unpaired) electrons. The molecule has 6 aromatic rings. The van der Waals surface area contributed by atoms with E-state index in [1.807, 2.05) is 0 Å². The molecule has 0 fully saturated rings. The molecule has 2 aliphatic carbocycles. The molecule has 58 heavy (non-hydrogen) atoms. The summed E-state index contributed by atoms with van der Waals surface area (Å²) in [6.45, 7) is 11.4. The number of unbranched alkanes of at least 4 members (excludes halogenated alkanes) is 1. The molecule has 0 amide bonds. The van der Waals surface area contributed by atoms with Crippen LogP contribution in [0.5, 0.6) is 0 Å². The summed E-state index contributed by atoms with van der Waals surface area (Å²) in [6.07, 6.45) is 13.6. The second-order valence-electron chi connectivity index (χ2n) is 16.0. The Morgan fingerprint density at radius 2 is 1.19 bits per heavy atom. The van der Waals surface area contributed by atoms with Crippen molar-refractivity contribution < 1.29 is 46.1 Å². The molecule has 0 bridgehead atoms. The third-order valence-corrected chi connectivity index (χ3v) is 20.6. The SMILES string of the molecule is CCCCc1c(-c2ccc(C)cc2)c(C)cc2c1[CH]([Zr+2]([C]1=CC=CC1)=[C](Cc1ccc(Cl)cc1)Cc1ccc(Cl)cc1)c1cc(-c3ccc(C)cc3)c(C)cc1-2.[Cl-].[Cl-]. The second kappa shape index (κ2) is 19.4. The number of allylic oxidation sites excluding steroid dienone is 4. The van der Waals surface area contributed by atoms with E-state index in [1.54, 1.807) is 17.6 Å². The third-order valence-electron chi connectivity index (χ3n) is 11.9. The van der Waals surface area contributed by atoms with Crippen molar-refractivity contribution in [1.82, 2.24) is 0 Å². The van der Waals surface area contributed by atoms with Crippen molar-refractivity contribution in [1.29, 1.82) is 0 Å². The largest absolute Gasteiger partial charge is 1.00 e. The van der Waals surface area contributed by atoms with Gasteiger partial charge in [-0.2, -0.15) is 0 Å². The van der Waals surface area contributed by atoms with E-state index in [-0.39, 0.29) is 24.8 Å². The minimum Gasteiger partial charge on any atom is -1.00 e. The van der Waals surface area contributed by atoms with Crippen LogP contribution in [0.25, 0.3) is 33.4 Å². The maximum absolute atomic E-state index is 6.48. The zero-order valence-corrected chi connectivity index (χ0v) is 39.5. The van der Waals surface area contributed by atoms with E-state index in [4.69, 9.17) is 23.2 Å². The Kier molecular flexibility index (Phi) is 14.8. The molecule has 8 rings (SSSR count). The first-order chi connectivity index (χ1) is 27.2. The van der Waals surface area contributed by atoms with Crippen LogP contribution in [0.3, 0.4) is 0 Å². The van der Waals surface area contributed by atoms with Gasteiger partial charge in [0.15, 0.2) is 0 Å². The Balaban J connectivity index is 0.00000283. The van der Waals surface area contributed by atoms with Gasteiger partial charge in [-0.1, -0.05) is 0 Å². The zero-order chi connectivity index (χ0) is 38.9. The molecule has 1 atom stereocenters. The molecule has 0 spiro atoms. The van der Waals surface area contributed by atoms with Crippen molar-refractivity contribution >= 4 is 26.4 Å². The molecule has 0 heterocycles.